The van der Waals surface area contributed by atoms with E-state index in [1.807, 2.05) is 0 Å². The maximum atomic E-state index is 2.72. The lowest BCUT2D eigenvalue weighted by atomic mass is 9.34. The first-order chi connectivity index (χ1) is 23.7. The van der Waals surface area contributed by atoms with Gasteiger partial charge in [0.25, 0.3) is 0 Å². The molecule has 0 aromatic heterocycles. The third-order valence-electron chi connectivity index (χ3n) is 11.1. The second-order valence-corrected chi connectivity index (χ2v) is 17.5. The van der Waals surface area contributed by atoms with Gasteiger partial charge in [-0.3, -0.25) is 0 Å². The Hall–Kier alpha value is -5.38. The summed E-state index contributed by atoms with van der Waals surface area (Å²) >= 11 is 0. The molecular weight excluding hydrogens is 593 g/mol. The summed E-state index contributed by atoms with van der Waals surface area (Å²) in [5.41, 5.74) is 15.1. The zero-order chi connectivity index (χ0) is 32.0. The zero-order valence-corrected chi connectivity index (χ0v) is 28.2. The van der Waals surface area contributed by atoms with Crippen LogP contribution in [-0.4, -0.2) is 14.8 Å². The predicted molar refractivity (Wildman–Crippen MR) is 206 cm³/mol. The van der Waals surface area contributed by atoms with Crippen LogP contribution in [0.15, 0.2) is 164 Å². The molecule has 1 nitrogen and oxygen atoms in total. The molecule has 3 aliphatic heterocycles. The van der Waals surface area contributed by atoms with Gasteiger partial charge in [-0.1, -0.05) is 180 Å². The highest BCUT2D eigenvalue weighted by Crippen LogP contribution is 2.53. The Labute approximate surface area is 284 Å². The van der Waals surface area contributed by atoms with Gasteiger partial charge < -0.3 is 4.90 Å². The molecule has 0 amide bonds. The van der Waals surface area contributed by atoms with Crippen LogP contribution in [0.4, 0.5) is 17.1 Å². The molecule has 7 aromatic rings. The van der Waals surface area contributed by atoms with E-state index in [1.165, 1.54) is 82.0 Å². The monoisotopic (exact) mass is 627 g/mol. The van der Waals surface area contributed by atoms with Crippen LogP contribution in [-0.2, 0) is 0 Å². The highest BCUT2D eigenvalue weighted by molar-refractivity contribution is 7.22. The first-order valence-electron chi connectivity index (χ1n) is 17.1. The van der Waals surface area contributed by atoms with Crippen LogP contribution in [0.2, 0.25) is 0 Å². The standard InChI is InChI=1S/C45H34BNSi/c1-30-26-37-42(32-16-7-3-8-17-32)36-24-15-25-38-43(36)47-44(37)40(28-30)48(34-20-11-5-12-21-34,35-22-13-6-14-23-35)41-29-31(2)27-39(45(41)47)46(38)33-18-9-4-10-19-33/h3-29,42H,1-2H3. The van der Waals surface area contributed by atoms with Crippen molar-refractivity contribution in [1.29, 1.82) is 0 Å². The smallest absolute Gasteiger partial charge is 0.246 e. The molecule has 3 heterocycles. The van der Waals surface area contributed by atoms with Crippen LogP contribution < -0.4 is 42.0 Å². The Morgan fingerprint density at radius 3 is 1.69 bits per heavy atom. The molecule has 0 spiro atoms. The minimum Gasteiger partial charge on any atom is -0.311 e. The van der Waals surface area contributed by atoms with Crippen LogP contribution in [0.1, 0.15) is 33.7 Å². The van der Waals surface area contributed by atoms with Gasteiger partial charge in [0.15, 0.2) is 8.07 Å². The van der Waals surface area contributed by atoms with Crippen LogP contribution in [0.25, 0.3) is 0 Å². The Kier molecular flexibility index (Phi) is 5.95. The largest absolute Gasteiger partial charge is 0.311 e. The lowest BCUT2D eigenvalue weighted by Crippen LogP contribution is -2.79. The van der Waals surface area contributed by atoms with Crippen LogP contribution in [0, 0.1) is 13.8 Å². The maximum Gasteiger partial charge on any atom is 0.246 e. The number of benzene rings is 7. The number of nitrogens with zero attached hydrogens (tertiary/aromatic N) is 1. The fourth-order valence-electron chi connectivity index (χ4n) is 9.42. The van der Waals surface area contributed by atoms with Crippen LogP contribution in [0.3, 0.4) is 0 Å². The molecule has 10 rings (SSSR count). The Morgan fingerprint density at radius 2 is 1.04 bits per heavy atom. The average molecular weight is 628 g/mol. The fraction of sp³-hybridized carbons (Fsp3) is 0.0667. The quantitative estimate of drug-likeness (QED) is 0.224. The molecule has 3 aliphatic rings. The van der Waals surface area contributed by atoms with Gasteiger partial charge in [-0.25, -0.2) is 0 Å². The minimum atomic E-state index is -2.82. The summed E-state index contributed by atoms with van der Waals surface area (Å²) in [7, 11) is -2.82. The van der Waals surface area contributed by atoms with Gasteiger partial charge in [0, 0.05) is 17.3 Å². The van der Waals surface area contributed by atoms with Crippen molar-refractivity contribution < 1.29 is 0 Å². The third-order valence-corrected chi connectivity index (χ3v) is 15.8. The Balaban J connectivity index is 1.45. The van der Waals surface area contributed by atoms with E-state index < -0.39 is 8.07 Å². The maximum absolute atomic E-state index is 2.82. The predicted octanol–water partition coefficient (Wildman–Crippen LogP) is 5.79. The molecule has 226 valence electrons. The summed E-state index contributed by atoms with van der Waals surface area (Å²) in [5.74, 6) is 0.134. The van der Waals surface area contributed by atoms with Crippen molar-refractivity contribution in [2.24, 2.45) is 0 Å². The number of anilines is 3. The lowest BCUT2D eigenvalue weighted by molar-refractivity contribution is 0.940. The molecule has 0 saturated carbocycles. The van der Waals surface area contributed by atoms with Gasteiger partial charge in [0.1, 0.15) is 0 Å². The summed E-state index contributed by atoms with van der Waals surface area (Å²) in [5, 5.41) is 5.87. The summed E-state index contributed by atoms with van der Waals surface area (Å²) in [4.78, 5) is 2.72. The number of para-hydroxylation sites is 1. The van der Waals surface area contributed by atoms with E-state index in [-0.39, 0.29) is 12.6 Å². The van der Waals surface area contributed by atoms with Gasteiger partial charge in [-0.05, 0) is 62.2 Å². The minimum absolute atomic E-state index is 0.134. The Bertz CT molecular complexity index is 2210. The molecule has 7 aromatic carbocycles. The van der Waals surface area contributed by atoms with Gasteiger partial charge in [0.2, 0.25) is 6.71 Å². The van der Waals surface area contributed by atoms with E-state index in [4.69, 9.17) is 0 Å². The topological polar surface area (TPSA) is 3.24 Å². The van der Waals surface area contributed by atoms with Crippen LogP contribution in [0.5, 0.6) is 0 Å². The number of aryl methyl sites for hydroxylation is 2. The number of rotatable bonds is 4. The fourth-order valence-corrected chi connectivity index (χ4v) is 14.8. The summed E-state index contributed by atoms with van der Waals surface area (Å²) in [6.45, 7) is 4.74. The van der Waals surface area contributed by atoms with E-state index in [0.29, 0.717) is 0 Å². The molecule has 0 fully saturated rings. The SMILES string of the molecule is Cc1cc2c3c(c1)[Si](c1ccccc1)(c1ccccc1)c1cc(C)cc4c1N3c1c(cccc1C4c1ccccc1)B2c1ccccc1. The number of hydrogen-bond acceptors (Lipinski definition) is 1. The van der Waals surface area contributed by atoms with E-state index in [2.05, 4.69) is 183 Å². The second-order valence-electron chi connectivity index (χ2n) is 13.8. The van der Waals surface area contributed by atoms with Crippen molar-refractivity contribution in [3.63, 3.8) is 0 Å². The van der Waals surface area contributed by atoms with Crippen molar-refractivity contribution >= 4 is 69.0 Å². The van der Waals surface area contributed by atoms with Gasteiger partial charge in [0.05, 0.1) is 5.69 Å². The second kappa shape index (κ2) is 10.3. The molecule has 0 saturated heterocycles. The van der Waals surface area contributed by atoms with Crippen molar-refractivity contribution in [3.05, 3.63) is 192 Å². The lowest BCUT2D eigenvalue weighted by Gasteiger charge is -2.53. The average Bonchev–Trinajstić information content (AvgIpc) is 3.13. The molecule has 3 heteroatoms. The van der Waals surface area contributed by atoms with Crippen molar-refractivity contribution in [2.75, 3.05) is 4.90 Å². The summed E-state index contributed by atoms with van der Waals surface area (Å²) < 4.78 is 0. The first-order valence-corrected chi connectivity index (χ1v) is 19.1. The van der Waals surface area contributed by atoms with Gasteiger partial charge >= 0.3 is 0 Å². The van der Waals surface area contributed by atoms with Crippen LogP contribution >= 0.6 is 0 Å². The molecule has 0 radical (unpaired) electrons. The molecule has 0 bridgehead atoms. The highest BCUT2D eigenvalue weighted by atomic mass is 28.3. The van der Waals surface area contributed by atoms with E-state index >= 15 is 0 Å². The molecule has 1 unspecified atom stereocenters. The number of hydrogen-bond donors (Lipinski definition) is 0. The molecular formula is C45H34BNSi. The summed E-state index contributed by atoms with van der Waals surface area (Å²) in [6, 6.07) is 62.6. The van der Waals surface area contributed by atoms with Crippen molar-refractivity contribution in [1.82, 2.24) is 0 Å². The van der Waals surface area contributed by atoms with E-state index in [9.17, 15) is 0 Å². The van der Waals surface area contributed by atoms with E-state index in [1.54, 1.807) is 0 Å². The summed E-state index contributed by atoms with van der Waals surface area (Å²) in [6.07, 6.45) is 0. The van der Waals surface area contributed by atoms with Gasteiger partial charge in [-0.15, -0.1) is 0 Å². The van der Waals surface area contributed by atoms with Gasteiger partial charge in [-0.2, -0.15) is 0 Å². The molecule has 0 aliphatic carbocycles. The third kappa shape index (κ3) is 3.63. The molecule has 1 atom stereocenters. The van der Waals surface area contributed by atoms with E-state index in [0.717, 1.165) is 0 Å². The first kappa shape index (κ1) is 27.7. The van der Waals surface area contributed by atoms with Crippen molar-refractivity contribution in [2.45, 2.75) is 19.8 Å². The highest BCUT2D eigenvalue weighted by Gasteiger charge is 2.55. The molecule has 48 heavy (non-hydrogen) atoms. The van der Waals surface area contributed by atoms with Crippen molar-refractivity contribution in [3.8, 4) is 0 Å². The normalized spacial score (nSPS) is 16.0. The molecule has 0 N–H and O–H groups in total. The zero-order valence-electron chi connectivity index (χ0n) is 27.2. The Morgan fingerprint density at radius 1 is 0.479 bits per heavy atom.